The van der Waals surface area contributed by atoms with Crippen LogP contribution in [-0.2, 0) is 4.79 Å². The Balaban J connectivity index is 1.40. The van der Waals surface area contributed by atoms with E-state index in [1.54, 1.807) is 12.1 Å². The number of carbonyl (C=O) groups excluding carboxylic acids is 1. The van der Waals surface area contributed by atoms with Crippen LogP contribution in [-0.4, -0.2) is 35.0 Å². The maximum Gasteiger partial charge on any atom is 0.234 e. The smallest absolute Gasteiger partial charge is 0.234 e. The van der Waals surface area contributed by atoms with E-state index in [1.165, 1.54) is 12.1 Å². The van der Waals surface area contributed by atoms with Gasteiger partial charge in [-0.2, -0.15) is 0 Å². The van der Waals surface area contributed by atoms with E-state index in [1.807, 2.05) is 36.1 Å². The molecule has 1 aliphatic carbocycles. The molecule has 3 aromatic carbocycles. The van der Waals surface area contributed by atoms with Crippen molar-refractivity contribution < 1.29 is 14.3 Å². The predicted octanol–water partition coefficient (Wildman–Crippen LogP) is 4.35. The fourth-order valence-corrected chi connectivity index (χ4v) is 3.97. The standard InChI is InChI=1S/C25H27FN2O2/c1-17(22-8-4-6-18-5-2-3-7-23(18)22)27-25(30)16-28(21-13-14-21)15-24(29)19-9-11-20(26)12-10-19/h2-12,17,21,24,29H,13-16H2,1H3,(H,27,30). The third-order valence-electron chi connectivity index (χ3n) is 5.74. The highest BCUT2D eigenvalue weighted by molar-refractivity contribution is 5.87. The first kappa shape index (κ1) is 20.5. The fraction of sp³-hybridized carbons (Fsp3) is 0.320. The number of aliphatic hydroxyl groups excluding tert-OH is 1. The summed E-state index contributed by atoms with van der Waals surface area (Å²) in [7, 11) is 0. The van der Waals surface area contributed by atoms with Crippen molar-refractivity contribution in [1.29, 1.82) is 0 Å². The number of benzene rings is 3. The number of amides is 1. The molecule has 2 atom stereocenters. The van der Waals surface area contributed by atoms with Crippen molar-refractivity contribution in [3.8, 4) is 0 Å². The fourth-order valence-electron chi connectivity index (χ4n) is 3.97. The lowest BCUT2D eigenvalue weighted by atomic mass is 10.00. The molecule has 4 rings (SSSR count). The van der Waals surface area contributed by atoms with Crippen LogP contribution in [0.4, 0.5) is 4.39 Å². The molecular weight excluding hydrogens is 379 g/mol. The normalized spacial score (nSPS) is 15.9. The molecule has 4 nitrogen and oxygen atoms in total. The average molecular weight is 407 g/mol. The minimum Gasteiger partial charge on any atom is -0.387 e. The van der Waals surface area contributed by atoms with Gasteiger partial charge in [0.05, 0.1) is 18.7 Å². The maximum atomic E-state index is 13.1. The molecule has 1 aliphatic rings. The van der Waals surface area contributed by atoms with Crippen LogP contribution in [0, 0.1) is 5.82 Å². The van der Waals surface area contributed by atoms with Crippen molar-refractivity contribution in [3.63, 3.8) is 0 Å². The second-order valence-electron chi connectivity index (χ2n) is 8.09. The van der Waals surface area contributed by atoms with E-state index >= 15 is 0 Å². The maximum absolute atomic E-state index is 13.1. The second-order valence-corrected chi connectivity index (χ2v) is 8.09. The summed E-state index contributed by atoms with van der Waals surface area (Å²) in [4.78, 5) is 14.8. The Hall–Kier alpha value is -2.76. The Morgan fingerprint density at radius 2 is 1.80 bits per heavy atom. The van der Waals surface area contributed by atoms with Gasteiger partial charge in [-0.05, 0) is 53.8 Å². The summed E-state index contributed by atoms with van der Waals surface area (Å²) in [6.45, 7) is 2.58. The number of nitrogens with zero attached hydrogens (tertiary/aromatic N) is 1. The largest absolute Gasteiger partial charge is 0.387 e. The zero-order valence-electron chi connectivity index (χ0n) is 17.1. The van der Waals surface area contributed by atoms with Crippen LogP contribution in [0.15, 0.2) is 66.7 Å². The molecule has 156 valence electrons. The van der Waals surface area contributed by atoms with Gasteiger partial charge < -0.3 is 10.4 Å². The topological polar surface area (TPSA) is 52.6 Å². The van der Waals surface area contributed by atoms with E-state index in [-0.39, 0.29) is 24.3 Å². The van der Waals surface area contributed by atoms with Crippen LogP contribution < -0.4 is 5.32 Å². The van der Waals surface area contributed by atoms with E-state index in [0.29, 0.717) is 18.2 Å². The Morgan fingerprint density at radius 3 is 2.53 bits per heavy atom. The third kappa shape index (κ3) is 4.86. The molecule has 0 aliphatic heterocycles. The van der Waals surface area contributed by atoms with Crippen LogP contribution in [0.2, 0.25) is 0 Å². The number of carbonyl (C=O) groups is 1. The van der Waals surface area contributed by atoms with Gasteiger partial charge >= 0.3 is 0 Å². The Morgan fingerprint density at radius 1 is 1.10 bits per heavy atom. The molecule has 0 aromatic heterocycles. The molecule has 3 aromatic rings. The summed E-state index contributed by atoms with van der Waals surface area (Å²) in [5.74, 6) is -0.388. The number of aliphatic hydroxyl groups is 1. The van der Waals surface area contributed by atoms with Gasteiger partial charge in [0.2, 0.25) is 5.91 Å². The van der Waals surface area contributed by atoms with Crippen molar-refractivity contribution in [2.45, 2.75) is 38.0 Å². The highest BCUT2D eigenvalue weighted by Gasteiger charge is 2.32. The van der Waals surface area contributed by atoms with E-state index in [2.05, 4.69) is 23.5 Å². The highest BCUT2D eigenvalue weighted by atomic mass is 19.1. The lowest BCUT2D eigenvalue weighted by Crippen LogP contribution is -2.41. The first-order valence-corrected chi connectivity index (χ1v) is 10.5. The first-order chi connectivity index (χ1) is 14.5. The second kappa shape index (κ2) is 8.94. The molecule has 0 spiro atoms. The molecule has 0 saturated heterocycles. The van der Waals surface area contributed by atoms with Crippen LogP contribution in [0.1, 0.15) is 43.0 Å². The Labute approximate surface area is 176 Å². The molecule has 1 saturated carbocycles. The van der Waals surface area contributed by atoms with Crippen molar-refractivity contribution in [2.24, 2.45) is 0 Å². The quantitative estimate of drug-likeness (QED) is 0.585. The minimum absolute atomic E-state index is 0.0614. The summed E-state index contributed by atoms with van der Waals surface area (Å²) >= 11 is 0. The molecule has 0 radical (unpaired) electrons. The molecule has 0 heterocycles. The summed E-state index contributed by atoms with van der Waals surface area (Å²) in [6.07, 6.45) is 1.31. The molecule has 0 bridgehead atoms. The molecule has 30 heavy (non-hydrogen) atoms. The van der Waals surface area contributed by atoms with Crippen molar-refractivity contribution in [2.75, 3.05) is 13.1 Å². The molecular formula is C25H27FN2O2. The van der Waals surface area contributed by atoms with Gasteiger partial charge in [0, 0.05) is 12.6 Å². The number of hydrogen-bond acceptors (Lipinski definition) is 3. The van der Waals surface area contributed by atoms with Gasteiger partial charge in [-0.3, -0.25) is 9.69 Å². The van der Waals surface area contributed by atoms with Crippen LogP contribution >= 0.6 is 0 Å². The first-order valence-electron chi connectivity index (χ1n) is 10.5. The summed E-state index contributed by atoms with van der Waals surface area (Å²) in [6, 6.07) is 20.4. The number of rotatable bonds is 8. The van der Waals surface area contributed by atoms with Gasteiger partial charge in [0.15, 0.2) is 0 Å². The molecule has 2 N–H and O–H groups in total. The van der Waals surface area contributed by atoms with E-state index < -0.39 is 6.10 Å². The van der Waals surface area contributed by atoms with E-state index in [4.69, 9.17) is 0 Å². The molecule has 1 fully saturated rings. The minimum atomic E-state index is -0.755. The molecule has 2 unspecified atom stereocenters. The number of nitrogens with one attached hydrogen (secondary N) is 1. The van der Waals surface area contributed by atoms with Crippen LogP contribution in [0.25, 0.3) is 10.8 Å². The third-order valence-corrected chi connectivity index (χ3v) is 5.74. The zero-order valence-corrected chi connectivity index (χ0v) is 17.1. The predicted molar refractivity (Wildman–Crippen MR) is 116 cm³/mol. The van der Waals surface area contributed by atoms with Crippen LogP contribution in [0.5, 0.6) is 0 Å². The summed E-state index contributed by atoms with van der Waals surface area (Å²) < 4.78 is 13.1. The summed E-state index contributed by atoms with van der Waals surface area (Å²) in [5, 5.41) is 16.0. The Kier molecular flexibility index (Phi) is 6.11. The number of halogens is 1. The monoisotopic (exact) mass is 406 g/mol. The Bertz CT molecular complexity index is 1010. The van der Waals surface area contributed by atoms with Crippen molar-refractivity contribution in [1.82, 2.24) is 10.2 Å². The van der Waals surface area contributed by atoms with Gasteiger partial charge in [0.1, 0.15) is 5.82 Å². The molecule has 5 heteroatoms. The van der Waals surface area contributed by atoms with Gasteiger partial charge in [-0.25, -0.2) is 4.39 Å². The zero-order chi connectivity index (χ0) is 21.1. The van der Waals surface area contributed by atoms with Gasteiger partial charge in [-0.15, -0.1) is 0 Å². The van der Waals surface area contributed by atoms with Crippen molar-refractivity contribution >= 4 is 16.7 Å². The lowest BCUT2D eigenvalue weighted by Gasteiger charge is -2.26. The van der Waals surface area contributed by atoms with E-state index in [0.717, 1.165) is 29.2 Å². The van der Waals surface area contributed by atoms with Crippen molar-refractivity contribution in [3.05, 3.63) is 83.7 Å². The average Bonchev–Trinajstić information content (AvgIpc) is 3.58. The highest BCUT2D eigenvalue weighted by Crippen LogP contribution is 2.29. The van der Waals surface area contributed by atoms with Crippen LogP contribution in [0.3, 0.4) is 0 Å². The van der Waals surface area contributed by atoms with Gasteiger partial charge in [0.25, 0.3) is 0 Å². The SMILES string of the molecule is CC(NC(=O)CN(CC(O)c1ccc(F)cc1)C1CC1)c1cccc2ccccc12. The lowest BCUT2D eigenvalue weighted by molar-refractivity contribution is -0.123. The van der Waals surface area contributed by atoms with Gasteiger partial charge in [-0.1, -0.05) is 54.6 Å². The number of hydrogen-bond donors (Lipinski definition) is 2. The van der Waals surface area contributed by atoms with E-state index in [9.17, 15) is 14.3 Å². The summed E-state index contributed by atoms with van der Waals surface area (Å²) in [5.41, 5.74) is 1.75. The molecule has 1 amide bonds. The number of fused-ring (bicyclic) bond motifs is 1.